The lowest BCUT2D eigenvalue weighted by Crippen LogP contribution is -2.14. The van der Waals surface area contributed by atoms with Crippen LogP contribution in [0.2, 0.25) is 5.02 Å². The fraction of sp³-hybridized carbons (Fsp3) is 0. The second kappa shape index (κ2) is 3.99. The molecule has 0 aliphatic carbocycles. The van der Waals surface area contributed by atoms with E-state index in [1.54, 1.807) is 30.3 Å². The summed E-state index contributed by atoms with van der Waals surface area (Å²) in [5.41, 5.74) is 1.43. The minimum atomic E-state index is -0.393. The average Bonchev–Trinajstić information content (AvgIpc) is 2.64. The maximum Gasteiger partial charge on any atom is 0.331 e. The minimum absolute atomic E-state index is 0.321. The van der Waals surface area contributed by atoms with E-state index in [0.717, 1.165) is 0 Å². The number of hydrogen-bond donors (Lipinski definition) is 1. The Kier molecular flexibility index (Phi) is 2.45. The van der Waals surface area contributed by atoms with Gasteiger partial charge in [0, 0.05) is 5.02 Å². The molecule has 3 aromatic rings. The summed E-state index contributed by atoms with van der Waals surface area (Å²) in [6.45, 7) is 0. The third-order valence-corrected chi connectivity index (χ3v) is 2.95. The number of aromatic amines is 1. The highest BCUT2D eigenvalue weighted by Gasteiger charge is 2.09. The highest BCUT2D eigenvalue weighted by molar-refractivity contribution is 6.31. The largest absolute Gasteiger partial charge is 0.331 e. The van der Waals surface area contributed by atoms with E-state index in [0.29, 0.717) is 21.7 Å². The fourth-order valence-corrected chi connectivity index (χ4v) is 2.11. The molecule has 18 heavy (non-hydrogen) atoms. The third-order valence-electron chi connectivity index (χ3n) is 2.71. The van der Waals surface area contributed by atoms with Crippen LogP contribution in [-0.4, -0.2) is 9.55 Å². The van der Waals surface area contributed by atoms with Crippen LogP contribution >= 0.6 is 11.6 Å². The minimum Gasteiger partial charge on any atom is -0.305 e. The molecule has 2 aromatic carbocycles. The number of aromatic nitrogens is 2. The van der Waals surface area contributed by atoms with Crippen LogP contribution in [0.15, 0.2) is 47.3 Å². The lowest BCUT2D eigenvalue weighted by atomic mass is 10.2. The first kappa shape index (κ1) is 11.0. The van der Waals surface area contributed by atoms with E-state index in [1.165, 1.54) is 16.7 Å². The SMILES string of the molecule is O=c1[nH]c2ccc(Cl)cc2n1-c1cccc(F)c1. The van der Waals surface area contributed by atoms with Crippen molar-refractivity contribution in [1.29, 1.82) is 0 Å². The molecule has 0 bridgehead atoms. The van der Waals surface area contributed by atoms with E-state index in [2.05, 4.69) is 4.98 Å². The molecule has 90 valence electrons. The van der Waals surface area contributed by atoms with Gasteiger partial charge in [0.1, 0.15) is 5.82 Å². The fourth-order valence-electron chi connectivity index (χ4n) is 1.95. The molecule has 0 saturated heterocycles. The van der Waals surface area contributed by atoms with Crippen molar-refractivity contribution in [3.8, 4) is 5.69 Å². The number of benzene rings is 2. The Balaban J connectivity index is 2.38. The van der Waals surface area contributed by atoms with E-state index in [-0.39, 0.29) is 5.69 Å². The normalized spacial score (nSPS) is 11.0. The highest BCUT2D eigenvalue weighted by Crippen LogP contribution is 2.20. The molecule has 0 aliphatic rings. The Morgan fingerprint density at radius 3 is 2.78 bits per heavy atom. The summed E-state index contributed by atoms with van der Waals surface area (Å²) in [6.07, 6.45) is 0. The van der Waals surface area contributed by atoms with Crippen LogP contribution in [0.25, 0.3) is 16.7 Å². The lowest BCUT2D eigenvalue weighted by molar-refractivity contribution is 0.626. The zero-order chi connectivity index (χ0) is 12.7. The van der Waals surface area contributed by atoms with E-state index >= 15 is 0 Å². The Bertz CT molecular complexity index is 791. The lowest BCUT2D eigenvalue weighted by Gasteiger charge is -2.03. The number of rotatable bonds is 1. The highest BCUT2D eigenvalue weighted by atomic mass is 35.5. The molecule has 0 radical (unpaired) electrons. The summed E-state index contributed by atoms with van der Waals surface area (Å²) in [6, 6.07) is 10.9. The van der Waals surface area contributed by atoms with E-state index < -0.39 is 5.82 Å². The Labute approximate surface area is 106 Å². The van der Waals surface area contributed by atoms with E-state index in [4.69, 9.17) is 11.6 Å². The summed E-state index contributed by atoms with van der Waals surface area (Å²) in [5.74, 6) is -0.393. The molecule has 1 N–H and O–H groups in total. The van der Waals surface area contributed by atoms with Gasteiger partial charge in [-0.2, -0.15) is 0 Å². The van der Waals surface area contributed by atoms with Gasteiger partial charge in [-0.15, -0.1) is 0 Å². The molecule has 0 atom stereocenters. The molecule has 0 unspecified atom stereocenters. The van der Waals surface area contributed by atoms with Crippen molar-refractivity contribution in [2.24, 2.45) is 0 Å². The van der Waals surface area contributed by atoms with Crippen molar-refractivity contribution < 1.29 is 4.39 Å². The second-order valence-corrected chi connectivity index (χ2v) is 4.34. The first-order chi connectivity index (χ1) is 8.65. The van der Waals surface area contributed by atoms with Gasteiger partial charge in [-0.05, 0) is 36.4 Å². The quantitative estimate of drug-likeness (QED) is 0.719. The Morgan fingerprint density at radius 1 is 1.17 bits per heavy atom. The smallest absolute Gasteiger partial charge is 0.305 e. The van der Waals surface area contributed by atoms with Crippen molar-refractivity contribution in [2.75, 3.05) is 0 Å². The van der Waals surface area contributed by atoms with Crippen molar-refractivity contribution in [1.82, 2.24) is 9.55 Å². The molecular formula is C13H8ClFN2O. The summed E-state index contributed by atoms with van der Waals surface area (Å²) >= 11 is 5.92. The first-order valence-electron chi connectivity index (χ1n) is 5.31. The number of H-pyrrole nitrogens is 1. The predicted octanol–water partition coefficient (Wildman–Crippen LogP) is 3.11. The molecular weight excluding hydrogens is 255 g/mol. The number of halogens is 2. The van der Waals surface area contributed by atoms with Crippen molar-refractivity contribution in [2.45, 2.75) is 0 Å². The number of imidazole rings is 1. The standard InChI is InChI=1S/C13H8ClFN2O/c14-8-4-5-11-12(6-8)17(13(18)16-11)10-3-1-2-9(15)7-10/h1-7H,(H,16,18). The maximum absolute atomic E-state index is 13.2. The molecule has 5 heteroatoms. The summed E-state index contributed by atoms with van der Waals surface area (Å²) in [5, 5.41) is 0.520. The molecule has 0 amide bonds. The molecule has 0 fully saturated rings. The van der Waals surface area contributed by atoms with Crippen molar-refractivity contribution >= 4 is 22.6 Å². The number of hydrogen-bond acceptors (Lipinski definition) is 1. The van der Waals surface area contributed by atoms with Gasteiger partial charge in [-0.25, -0.2) is 9.18 Å². The number of nitrogens with zero attached hydrogens (tertiary/aromatic N) is 1. The number of fused-ring (bicyclic) bond motifs is 1. The zero-order valence-corrected chi connectivity index (χ0v) is 9.91. The predicted molar refractivity (Wildman–Crippen MR) is 68.9 cm³/mol. The molecule has 3 rings (SSSR count). The second-order valence-electron chi connectivity index (χ2n) is 3.91. The molecule has 3 nitrogen and oxygen atoms in total. The van der Waals surface area contributed by atoms with Gasteiger partial charge in [-0.3, -0.25) is 4.57 Å². The van der Waals surface area contributed by atoms with E-state index in [9.17, 15) is 9.18 Å². The summed E-state index contributed by atoms with van der Waals surface area (Å²) < 4.78 is 14.6. The molecule has 0 saturated carbocycles. The van der Waals surface area contributed by atoms with Gasteiger partial charge in [0.25, 0.3) is 0 Å². The van der Waals surface area contributed by atoms with Crippen molar-refractivity contribution in [3.63, 3.8) is 0 Å². The summed E-state index contributed by atoms with van der Waals surface area (Å²) in [7, 11) is 0. The molecule has 0 aliphatic heterocycles. The van der Waals surface area contributed by atoms with Crippen molar-refractivity contribution in [3.05, 3.63) is 63.8 Å². The van der Waals surface area contributed by atoms with Gasteiger partial charge in [-0.1, -0.05) is 17.7 Å². The van der Waals surface area contributed by atoms with Gasteiger partial charge in [0.05, 0.1) is 16.7 Å². The van der Waals surface area contributed by atoms with Gasteiger partial charge in [0.2, 0.25) is 0 Å². The topological polar surface area (TPSA) is 37.8 Å². The first-order valence-corrected chi connectivity index (χ1v) is 5.69. The van der Waals surface area contributed by atoms with Crippen LogP contribution in [0.5, 0.6) is 0 Å². The monoisotopic (exact) mass is 262 g/mol. The van der Waals surface area contributed by atoms with Crippen LogP contribution < -0.4 is 5.69 Å². The average molecular weight is 263 g/mol. The molecule has 0 spiro atoms. The van der Waals surface area contributed by atoms with Crippen LogP contribution in [0.1, 0.15) is 0 Å². The zero-order valence-electron chi connectivity index (χ0n) is 9.15. The van der Waals surface area contributed by atoms with Gasteiger partial charge < -0.3 is 4.98 Å². The number of nitrogens with one attached hydrogen (secondary N) is 1. The summed E-state index contributed by atoms with van der Waals surface area (Å²) in [4.78, 5) is 14.6. The van der Waals surface area contributed by atoms with E-state index in [1.807, 2.05) is 0 Å². The molecule has 1 aromatic heterocycles. The van der Waals surface area contributed by atoms with Crippen LogP contribution in [0.3, 0.4) is 0 Å². The maximum atomic E-state index is 13.2. The van der Waals surface area contributed by atoms with Crippen LogP contribution in [0, 0.1) is 5.82 Å². The molecule has 1 heterocycles. The Morgan fingerprint density at radius 2 is 2.00 bits per heavy atom. The third kappa shape index (κ3) is 1.71. The van der Waals surface area contributed by atoms with Gasteiger partial charge >= 0.3 is 5.69 Å². The van der Waals surface area contributed by atoms with Gasteiger partial charge in [0.15, 0.2) is 0 Å². The van der Waals surface area contributed by atoms with Crippen LogP contribution in [0.4, 0.5) is 4.39 Å². The Hall–Kier alpha value is -2.07. The van der Waals surface area contributed by atoms with Crippen LogP contribution in [-0.2, 0) is 0 Å².